The molecule has 0 radical (unpaired) electrons. The van der Waals surface area contributed by atoms with E-state index in [1.165, 1.54) is 5.57 Å². The molecule has 0 saturated carbocycles. The number of ether oxygens (including phenoxy) is 1. The maximum atomic E-state index is 6.16. The number of halogens is 1. The molecule has 166 valence electrons. The lowest BCUT2D eigenvalue weighted by molar-refractivity contribution is -0.106. The predicted molar refractivity (Wildman–Crippen MR) is 126 cm³/mol. The first-order valence-electron chi connectivity index (χ1n) is 10.8. The van der Waals surface area contributed by atoms with Crippen LogP contribution in [0.4, 0.5) is 0 Å². The molecule has 0 spiro atoms. The number of piperidine rings is 1. The summed E-state index contributed by atoms with van der Waals surface area (Å²) in [6.07, 6.45) is 8.14. The Kier molecular flexibility index (Phi) is 5.55. The van der Waals surface area contributed by atoms with Crippen molar-refractivity contribution in [3.05, 3.63) is 82.4 Å². The molecule has 0 amide bonds. The van der Waals surface area contributed by atoms with Crippen molar-refractivity contribution in [2.45, 2.75) is 38.6 Å². The zero-order valence-corrected chi connectivity index (χ0v) is 19.3. The van der Waals surface area contributed by atoms with E-state index in [1.807, 2.05) is 48.3 Å². The van der Waals surface area contributed by atoms with Crippen LogP contribution in [0, 0.1) is 6.92 Å². The Bertz CT molecular complexity index is 1160. The van der Waals surface area contributed by atoms with Gasteiger partial charge in [0.2, 0.25) is 0 Å². The van der Waals surface area contributed by atoms with Crippen molar-refractivity contribution in [1.82, 2.24) is 19.9 Å². The van der Waals surface area contributed by atoms with Crippen LogP contribution in [-0.2, 0) is 10.6 Å². The summed E-state index contributed by atoms with van der Waals surface area (Å²) in [5.41, 5.74) is 8.15. The SMILES string of the molecule is COc1cc(/C=C2\CCCN3C2NOC3(C)c2ccc(Cl)cc2)ccc1-n1cnc(C)c1. The number of benzene rings is 2. The predicted octanol–water partition coefficient (Wildman–Crippen LogP) is 5.06. The average Bonchev–Trinajstić information content (AvgIpc) is 3.39. The van der Waals surface area contributed by atoms with Crippen molar-refractivity contribution in [3.63, 3.8) is 0 Å². The minimum atomic E-state index is -0.546. The summed E-state index contributed by atoms with van der Waals surface area (Å²) in [7, 11) is 1.70. The van der Waals surface area contributed by atoms with Gasteiger partial charge in [-0.2, -0.15) is 5.48 Å². The summed E-state index contributed by atoms with van der Waals surface area (Å²) in [6.45, 7) is 5.04. The Hall–Kier alpha value is -2.64. The van der Waals surface area contributed by atoms with E-state index in [0.29, 0.717) is 0 Å². The van der Waals surface area contributed by atoms with Crippen LogP contribution < -0.4 is 10.2 Å². The fourth-order valence-corrected chi connectivity index (χ4v) is 4.77. The van der Waals surface area contributed by atoms with Crippen LogP contribution in [0.3, 0.4) is 0 Å². The Morgan fingerprint density at radius 3 is 2.78 bits per heavy atom. The average molecular weight is 451 g/mol. The van der Waals surface area contributed by atoms with E-state index in [9.17, 15) is 0 Å². The molecule has 2 aliphatic heterocycles. The van der Waals surface area contributed by atoms with E-state index in [4.69, 9.17) is 21.2 Å². The number of hydroxylamine groups is 1. The van der Waals surface area contributed by atoms with Crippen molar-refractivity contribution >= 4 is 17.7 Å². The molecule has 1 N–H and O–H groups in total. The first-order chi connectivity index (χ1) is 15.5. The van der Waals surface area contributed by atoms with Crippen LogP contribution in [0.5, 0.6) is 5.75 Å². The van der Waals surface area contributed by atoms with Gasteiger partial charge in [-0.3, -0.25) is 4.84 Å². The second-order valence-electron chi connectivity index (χ2n) is 8.48. The van der Waals surface area contributed by atoms with Crippen molar-refractivity contribution in [3.8, 4) is 11.4 Å². The lowest BCUT2D eigenvalue weighted by Crippen LogP contribution is -2.48. The molecule has 2 fully saturated rings. The van der Waals surface area contributed by atoms with E-state index < -0.39 is 5.72 Å². The number of aromatic nitrogens is 2. The summed E-state index contributed by atoms with van der Waals surface area (Å²) in [6, 6.07) is 14.2. The number of aryl methyl sites for hydroxylation is 1. The molecular weight excluding hydrogens is 424 g/mol. The third kappa shape index (κ3) is 3.73. The van der Waals surface area contributed by atoms with Crippen LogP contribution in [0.1, 0.15) is 36.6 Å². The Labute approximate surface area is 193 Å². The Balaban J connectivity index is 1.44. The number of nitrogens with zero attached hydrogens (tertiary/aromatic N) is 3. The molecule has 2 unspecified atom stereocenters. The van der Waals surface area contributed by atoms with Crippen molar-refractivity contribution < 1.29 is 9.57 Å². The maximum Gasteiger partial charge on any atom is 0.167 e. The second kappa shape index (κ2) is 8.37. The standard InChI is InChI=1S/C25H27ClN4O2/c1-17-15-29(16-27-17)22-11-6-18(14-23(22)31-3)13-19-5-4-12-30-24(19)28-32-25(30,2)20-7-9-21(26)10-8-20/h6-11,13-16,24,28H,4-5,12H2,1-3H3/b19-13+. The first kappa shape index (κ1) is 21.2. The van der Waals surface area contributed by atoms with Crippen LogP contribution >= 0.6 is 11.6 Å². The highest BCUT2D eigenvalue weighted by Crippen LogP contribution is 2.41. The summed E-state index contributed by atoms with van der Waals surface area (Å²) >= 11 is 6.10. The van der Waals surface area contributed by atoms with Crippen molar-refractivity contribution in [2.75, 3.05) is 13.7 Å². The summed E-state index contributed by atoms with van der Waals surface area (Å²) in [5, 5.41) is 0.724. The number of fused-ring (bicyclic) bond motifs is 1. The molecule has 6 nitrogen and oxygen atoms in total. The minimum absolute atomic E-state index is 0.0198. The normalized spacial score (nSPS) is 24.6. The first-order valence-corrected chi connectivity index (χ1v) is 11.2. The molecule has 0 aliphatic carbocycles. The van der Waals surface area contributed by atoms with Gasteiger partial charge in [0.05, 0.1) is 24.8 Å². The van der Waals surface area contributed by atoms with Crippen LogP contribution in [0.2, 0.25) is 5.02 Å². The van der Waals surface area contributed by atoms with Gasteiger partial charge < -0.3 is 9.30 Å². The Morgan fingerprint density at radius 2 is 2.06 bits per heavy atom. The highest BCUT2D eigenvalue weighted by Gasteiger charge is 2.48. The topological polar surface area (TPSA) is 51.6 Å². The summed E-state index contributed by atoms with van der Waals surface area (Å²) in [5.74, 6) is 0.811. The number of rotatable bonds is 4. The van der Waals surface area contributed by atoms with E-state index in [-0.39, 0.29) is 6.17 Å². The number of hydrogen-bond donors (Lipinski definition) is 1. The maximum absolute atomic E-state index is 6.16. The van der Waals surface area contributed by atoms with Gasteiger partial charge in [0.25, 0.3) is 0 Å². The molecule has 2 atom stereocenters. The fraction of sp³-hybridized carbons (Fsp3) is 0.320. The zero-order chi connectivity index (χ0) is 22.3. The van der Waals surface area contributed by atoms with Gasteiger partial charge in [-0.1, -0.05) is 35.9 Å². The minimum Gasteiger partial charge on any atom is -0.495 e. The number of methoxy groups -OCH3 is 1. The van der Waals surface area contributed by atoms with Crippen LogP contribution in [0.15, 0.2) is 60.6 Å². The van der Waals surface area contributed by atoms with Gasteiger partial charge in [0.1, 0.15) is 11.9 Å². The molecule has 3 heterocycles. The van der Waals surface area contributed by atoms with Gasteiger partial charge in [-0.25, -0.2) is 9.88 Å². The largest absolute Gasteiger partial charge is 0.495 e. The van der Waals surface area contributed by atoms with Gasteiger partial charge in [0, 0.05) is 23.3 Å². The number of hydrogen-bond acceptors (Lipinski definition) is 5. The molecule has 1 aromatic heterocycles. The highest BCUT2D eigenvalue weighted by molar-refractivity contribution is 6.30. The van der Waals surface area contributed by atoms with Gasteiger partial charge in [0.15, 0.2) is 5.72 Å². The fourth-order valence-electron chi connectivity index (χ4n) is 4.65. The third-order valence-corrected chi connectivity index (χ3v) is 6.62. The van der Waals surface area contributed by atoms with Gasteiger partial charge in [-0.05, 0) is 62.1 Å². The number of imidazole rings is 1. The smallest absolute Gasteiger partial charge is 0.167 e. The highest BCUT2D eigenvalue weighted by atomic mass is 35.5. The molecule has 0 bridgehead atoms. The molecule has 3 aromatic rings. The van der Waals surface area contributed by atoms with Crippen LogP contribution in [-0.4, -0.2) is 34.3 Å². The van der Waals surface area contributed by atoms with E-state index >= 15 is 0 Å². The molecule has 5 rings (SSSR count). The lowest BCUT2D eigenvalue weighted by Gasteiger charge is -2.38. The lowest BCUT2D eigenvalue weighted by atomic mass is 9.94. The molecule has 32 heavy (non-hydrogen) atoms. The van der Waals surface area contributed by atoms with E-state index in [2.05, 4.69) is 46.6 Å². The summed E-state index contributed by atoms with van der Waals surface area (Å²) in [4.78, 5) is 12.9. The van der Waals surface area contributed by atoms with Crippen LogP contribution in [0.25, 0.3) is 11.8 Å². The molecule has 2 saturated heterocycles. The molecule has 2 aliphatic rings. The zero-order valence-electron chi connectivity index (χ0n) is 18.5. The summed E-state index contributed by atoms with van der Waals surface area (Å²) < 4.78 is 7.67. The van der Waals surface area contributed by atoms with E-state index in [1.54, 1.807) is 7.11 Å². The van der Waals surface area contributed by atoms with Crippen molar-refractivity contribution in [2.24, 2.45) is 0 Å². The van der Waals surface area contributed by atoms with E-state index in [0.717, 1.165) is 52.7 Å². The Morgan fingerprint density at radius 1 is 1.25 bits per heavy atom. The quantitative estimate of drug-likeness (QED) is 0.602. The molecular formula is C25H27ClN4O2. The molecule has 2 aromatic carbocycles. The number of nitrogens with one attached hydrogen (secondary N) is 1. The van der Waals surface area contributed by atoms with Gasteiger partial charge in [-0.15, -0.1) is 0 Å². The van der Waals surface area contributed by atoms with Crippen molar-refractivity contribution in [1.29, 1.82) is 0 Å². The monoisotopic (exact) mass is 450 g/mol. The third-order valence-electron chi connectivity index (χ3n) is 6.37. The molecule has 7 heteroatoms. The second-order valence-corrected chi connectivity index (χ2v) is 8.92. The van der Waals surface area contributed by atoms with Gasteiger partial charge >= 0.3 is 0 Å².